The van der Waals surface area contributed by atoms with Gasteiger partial charge in [-0.2, -0.15) is 0 Å². The van der Waals surface area contributed by atoms with Crippen molar-refractivity contribution in [1.29, 1.82) is 0 Å². The minimum atomic E-state index is -0.155. The lowest BCUT2D eigenvalue weighted by Gasteiger charge is -2.21. The van der Waals surface area contributed by atoms with E-state index in [1.807, 2.05) is 0 Å². The van der Waals surface area contributed by atoms with E-state index in [-0.39, 0.29) is 23.3 Å². The highest BCUT2D eigenvalue weighted by atomic mass is 35.5. The first-order chi connectivity index (χ1) is 9.69. The molecule has 0 saturated carbocycles. The van der Waals surface area contributed by atoms with Crippen LogP contribution < -0.4 is 0 Å². The van der Waals surface area contributed by atoms with Crippen molar-refractivity contribution in [3.63, 3.8) is 0 Å². The minimum Gasteiger partial charge on any atom is -0.289 e. The molecular weight excluding hydrogens is 295 g/mol. The van der Waals surface area contributed by atoms with Gasteiger partial charge in [-0.15, -0.1) is 23.2 Å². The van der Waals surface area contributed by atoms with Gasteiger partial charge in [-0.3, -0.25) is 9.59 Å². The van der Waals surface area contributed by atoms with Crippen molar-refractivity contribution < 1.29 is 9.59 Å². The zero-order chi connectivity index (χ0) is 14.3. The predicted molar refractivity (Wildman–Crippen MR) is 78.9 cm³/mol. The molecule has 0 atom stereocenters. The zero-order valence-corrected chi connectivity index (χ0v) is 12.0. The third-order valence-corrected chi connectivity index (χ3v) is 4.13. The fraction of sp³-hybridized carbons (Fsp3) is 0.125. The number of carbonyl (C=O) groups is 2. The van der Waals surface area contributed by atoms with Gasteiger partial charge in [0.15, 0.2) is 11.6 Å². The molecule has 20 heavy (non-hydrogen) atoms. The number of benzene rings is 2. The van der Waals surface area contributed by atoms with Crippen molar-refractivity contribution in [2.45, 2.75) is 11.8 Å². The molecule has 2 aromatic carbocycles. The van der Waals surface area contributed by atoms with Crippen LogP contribution in [0.25, 0.3) is 0 Å². The molecule has 0 aliphatic heterocycles. The number of halogens is 2. The van der Waals surface area contributed by atoms with Crippen molar-refractivity contribution in [1.82, 2.24) is 0 Å². The number of fused-ring (bicyclic) bond motifs is 2. The van der Waals surface area contributed by atoms with E-state index in [0.717, 1.165) is 5.56 Å². The van der Waals surface area contributed by atoms with Gasteiger partial charge in [-0.1, -0.05) is 30.3 Å². The van der Waals surface area contributed by atoms with Crippen LogP contribution in [0.1, 0.15) is 43.0 Å². The average molecular weight is 305 g/mol. The largest absolute Gasteiger partial charge is 0.289 e. The topological polar surface area (TPSA) is 34.1 Å². The Morgan fingerprint density at radius 1 is 0.750 bits per heavy atom. The van der Waals surface area contributed by atoms with Gasteiger partial charge >= 0.3 is 0 Å². The summed E-state index contributed by atoms with van der Waals surface area (Å²) in [6, 6.07) is 10.3. The Morgan fingerprint density at radius 3 is 2.00 bits per heavy atom. The molecule has 0 spiro atoms. The molecule has 0 aromatic heterocycles. The molecule has 0 radical (unpaired) electrons. The van der Waals surface area contributed by atoms with Crippen LogP contribution in [0.3, 0.4) is 0 Å². The smallest absolute Gasteiger partial charge is 0.194 e. The number of rotatable bonds is 2. The van der Waals surface area contributed by atoms with Crippen LogP contribution in [-0.2, 0) is 11.8 Å². The Bertz CT molecular complexity index is 735. The highest BCUT2D eigenvalue weighted by Gasteiger charge is 2.31. The maximum absolute atomic E-state index is 12.6. The van der Waals surface area contributed by atoms with Crippen LogP contribution in [0, 0.1) is 0 Å². The van der Waals surface area contributed by atoms with Crippen molar-refractivity contribution in [2.75, 3.05) is 0 Å². The molecule has 0 saturated heterocycles. The Hall–Kier alpha value is -1.64. The van der Waals surface area contributed by atoms with Crippen LogP contribution in [-0.4, -0.2) is 11.6 Å². The van der Waals surface area contributed by atoms with Crippen LogP contribution in [0.15, 0.2) is 36.4 Å². The number of hydrogen-bond donors (Lipinski definition) is 0. The zero-order valence-electron chi connectivity index (χ0n) is 10.5. The van der Waals surface area contributed by atoms with Crippen LogP contribution in [0.4, 0.5) is 0 Å². The summed E-state index contributed by atoms with van der Waals surface area (Å²) in [7, 11) is 0. The van der Waals surface area contributed by atoms with Crippen LogP contribution in [0.5, 0.6) is 0 Å². The minimum absolute atomic E-state index is 0.136. The van der Waals surface area contributed by atoms with E-state index in [1.165, 1.54) is 0 Å². The summed E-state index contributed by atoms with van der Waals surface area (Å²) >= 11 is 11.8. The maximum atomic E-state index is 12.6. The van der Waals surface area contributed by atoms with E-state index in [1.54, 1.807) is 36.4 Å². The molecule has 0 N–H and O–H groups in total. The number of carbonyl (C=O) groups excluding carboxylic acids is 2. The van der Waals surface area contributed by atoms with Gasteiger partial charge in [-0.25, -0.2) is 0 Å². The van der Waals surface area contributed by atoms with E-state index in [4.69, 9.17) is 23.2 Å². The van der Waals surface area contributed by atoms with E-state index in [0.29, 0.717) is 27.8 Å². The molecule has 0 fully saturated rings. The standard InChI is InChI=1S/C16H10Cl2O2/c17-7-9-5-6-12-14(13(9)8-18)16(20)11-4-2-1-3-10(11)15(12)19/h1-6H,7-8H2. The van der Waals surface area contributed by atoms with Gasteiger partial charge in [0.1, 0.15) is 0 Å². The molecule has 0 amide bonds. The highest BCUT2D eigenvalue weighted by Crippen LogP contribution is 2.32. The number of alkyl halides is 2. The van der Waals surface area contributed by atoms with Crippen molar-refractivity contribution >= 4 is 34.8 Å². The van der Waals surface area contributed by atoms with Crippen molar-refractivity contribution in [3.8, 4) is 0 Å². The van der Waals surface area contributed by atoms with Gasteiger partial charge in [0.05, 0.1) is 0 Å². The van der Waals surface area contributed by atoms with Crippen molar-refractivity contribution in [3.05, 3.63) is 69.8 Å². The monoisotopic (exact) mass is 304 g/mol. The first-order valence-corrected chi connectivity index (χ1v) is 7.21. The second kappa shape index (κ2) is 5.04. The van der Waals surface area contributed by atoms with E-state index >= 15 is 0 Å². The first kappa shape index (κ1) is 13.3. The summed E-state index contributed by atoms with van der Waals surface area (Å²) in [4.78, 5) is 25.1. The number of hydrogen-bond acceptors (Lipinski definition) is 2. The summed E-state index contributed by atoms with van der Waals surface area (Å²) < 4.78 is 0. The van der Waals surface area contributed by atoms with Gasteiger partial charge in [0.25, 0.3) is 0 Å². The van der Waals surface area contributed by atoms with Gasteiger partial charge in [0, 0.05) is 34.0 Å². The molecular formula is C16H10Cl2O2. The Labute approximate surface area is 126 Å². The molecule has 0 unspecified atom stereocenters. The second-order valence-corrected chi connectivity index (χ2v) is 5.13. The Balaban J connectivity index is 2.33. The van der Waals surface area contributed by atoms with Crippen molar-refractivity contribution in [2.24, 2.45) is 0 Å². The molecule has 100 valence electrons. The summed E-state index contributed by atoms with van der Waals surface area (Å²) in [6.45, 7) is 0. The molecule has 4 heteroatoms. The quantitative estimate of drug-likeness (QED) is 0.672. The highest BCUT2D eigenvalue weighted by molar-refractivity contribution is 6.30. The fourth-order valence-corrected chi connectivity index (χ4v) is 3.13. The van der Waals surface area contributed by atoms with Gasteiger partial charge in [0.2, 0.25) is 0 Å². The second-order valence-electron chi connectivity index (χ2n) is 4.60. The fourth-order valence-electron chi connectivity index (χ4n) is 2.58. The summed E-state index contributed by atoms with van der Waals surface area (Å²) in [5, 5.41) is 0. The van der Waals surface area contributed by atoms with E-state index in [2.05, 4.69) is 0 Å². The Morgan fingerprint density at radius 2 is 1.40 bits per heavy atom. The lowest BCUT2D eigenvalue weighted by Crippen LogP contribution is -2.23. The molecule has 0 bridgehead atoms. The lowest BCUT2D eigenvalue weighted by atomic mass is 9.81. The lowest BCUT2D eigenvalue weighted by molar-refractivity contribution is 0.0978. The predicted octanol–water partition coefficient (Wildman–Crippen LogP) is 3.94. The molecule has 2 nitrogen and oxygen atoms in total. The average Bonchev–Trinajstić information content (AvgIpc) is 2.51. The molecule has 1 aliphatic rings. The third-order valence-electron chi connectivity index (χ3n) is 3.58. The Kier molecular flexibility index (Phi) is 3.36. The third kappa shape index (κ3) is 1.80. The molecule has 2 aromatic rings. The van der Waals surface area contributed by atoms with E-state index < -0.39 is 0 Å². The van der Waals surface area contributed by atoms with Gasteiger partial charge in [-0.05, 0) is 17.2 Å². The molecule has 1 aliphatic carbocycles. The SMILES string of the molecule is O=C1c2ccccc2C(=O)c2c1ccc(CCl)c2CCl. The summed E-state index contributed by atoms with van der Waals surface area (Å²) in [5.41, 5.74) is 3.15. The van der Waals surface area contributed by atoms with Crippen LogP contribution >= 0.6 is 23.2 Å². The normalized spacial score (nSPS) is 13.1. The van der Waals surface area contributed by atoms with Gasteiger partial charge < -0.3 is 0 Å². The summed E-state index contributed by atoms with van der Waals surface area (Å²) in [5.74, 6) is 0.130. The molecule has 3 rings (SSSR count). The number of ketones is 2. The maximum Gasteiger partial charge on any atom is 0.194 e. The first-order valence-electron chi connectivity index (χ1n) is 6.14. The summed E-state index contributed by atoms with van der Waals surface area (Å²) in [6.07, 6.45) is 0. The molecule has 0 heterocycles. The van der Waals surface area contributed by atoms with E-state index in [9.17, 15) is 9.59 Å². The van der Waals surface area contributed by atoms with Crippen LogP contribution in [0.2, 0.25) is 0 Å².